The Bertz CT molecular complexity index is 1110. The van der Waals surface area contributed by atoms with Gasteiger partial charge in [0, 0.05) is 37.4 Å². The van der Waals surface area contributed by atoms with Gasteiger partial charge < -0.3 is 20.6 Å². The highest BCUT2D eigenvalue weighted by Crippen LogP contribution is 2.29. The van der Waals surface area contributed by atoms with Crippen LogP contribution in [0, 0.1) is 5.82 Å². The molecule has 0 radical (unpaired) electrons. The largest absolute Gasteiger partial charge is 0.465 e. The first-order chi connectivity index (χ1) is 15.5. The molecule has 1 aliphatic rings. The van der Waals surface area contributed by atoms with Crippen molar-refractivity contribution in [3.8, 4) is 11.3 Å². The van der Waals surface area contributed by atoms with Crippen LogP contribution in [0.15, 0.2) is 54.7 Å². The van der Waals surface area contributed by atoms with Crippen LogP contribution in [0.4, 0.5) is 20.8 Å². The molecule has 3 N–H and O–H groups in total. The van der Waals surface area contributed by atoms with Crippen LogP contribution in [-0.2, 0) is 6.54 Å². The van der Waals surface area contributed by atoms with E-state index in [9.17, 15) is 9.18 Å². The molecule has 3 aromatic rings. The van der Waals surface area contributed by atoms with Crippen LogP contribution in [0.5, 0.6) is 0 Å². The maximum absolute atomic E-state index is 13.4. The van der Waals surface area contributed by atoms with E-state index in [2.05, 4.69) is 20.6 Å². The number of aromatic nitrogens is 2. The van der Waals surface area contributed by atoms with Crippen molar-refractivity contribution in [1.29, 1.82) is 0 Å². The number of carbonyl (C=O) groups is 1. The first-order valence-corrected chi connectivity index (χ1v) is 10.7. The lowest BCUT2D eigenvalue weighted by Gasteiger charge is -2.30. The maximum atomic E-state index is 13.4. The van der Waals surface area contributed by atoms with E-state index < -0.39 is 6.09 Å². The molecule has 7 nitrogen and oxygen atoms in total. The molecule has 1 saturated heterocycles. The number of piperidine rings is 1. The Balaban J connectivity index is 1.45. The average Bonchev–Trinajstić information content (AvgIpc) is 2.79. The normalized spacial score (nSPS) is 14.2. The Morgan fingerprint density at radius 1 is 1.16 bits per heavy atom. The molecule has 3 heterocycles. The third kappa shape index (κ3) is 5.45. The van der Waals surface area contributed by atoms with Gasteiger partial charge in [0.15, 0.2) is 0 Å². The van der Waals surface area contributed by atoms with Crippen LogP contribution in [0.1, 0.15) is 18.4 Å². The van der Waals surface area contributed by atoms with Crippen molar-refractivity contribution in [1.82, 2.24) is 14.9 Å². The summed E-state index contributed by atoms with van der Waals surface area (Å²) < 4.78 is 13.4. The number of hydrogen-bond acceptors (Lipinski definition) is 5. The minimum atomic E-state index is -0.882. The summed E-state index contributed by atoms with van der Waals surface area (Å²) >= 11 is 6.41. The van der Waals surface area contributed by atoms with Crippen LogP contribution < -0.4 is 10.6 Å². The lowest BCUT2D eigenvalue weighted by atomic mass is 10.1. The van der Waals surface area contributed by atoms with Gasteiger partial charge in [-0.3, -0.25) is 0 Å². The van der Waals surface area contributed by atoms with E-state index >= 15 is 0 Å². The molecule has 2 aromatic heterocycles. The number of hydrogen-bond donors (Lipinski definition) is 3. The second-order valence-electron chi connectivity index (χ2n) is 7.63. The second kappa shape index (κ2) is 9.82. The van der Waals surface area contributed by atoms with Crippen molar-refractivity contribution in [3.63, 3.8) is 0 Å². The Morgan fingerprint density at radius 2 is 1.94 bits per heavy atom. The van der Waals surface area contributed by atoms with Gasteiger partial charge in [-0.2, -0.15) is 0 Å². The summed E-state index contributed by atoms with van der Waals surface area (Å²) in [7, 11) is 0. The highest BCUT2D eigenvalue weighted by atomic mass is 35.5. The first kappa shape index (κ1) is 21.8. The minimum Gasteiger partial charge on any atom is -0.465 e. The summed E-state index contributed by atoms with van der Waals surface area (Å²) in [6.07, 6.45) is 2.13. The Hall–Kier alpha value is -3.39. The SMILES string of the molecule is O=C(O)N1CCC(Nc2cc(-c3cccc(NCc4cccc(F)c4)n3)c(Cl)cn2)CC1. The number of rotatable bonds is 6. The molecular formula is C23H23ClFN5O2. The zero-order chi connectivity index (χ0) is 22.5. The number of amides is 1. The van der Waals surface area contributed by atoms with E-state index in [1.165, 1.54) is 17.0 Å². The molecule has 0 bridgehead atoms. The summed E-state index contributed by atoms with van der Waals surface area (Å²) in [6.45, 7) is 1.43. The fourth-order valence-corrected chi connectivity index (χ4v) is 3.86. The van der Waals surface area contributed by atoms with Gasteiger partial charge in [0.2, 0.25) is 0 Å². The van der Waals surface area contributed by atoms with Gasteiger partial charge in [0.05, 0.1) is 10.7 Å². The van der Waals surface area contributed by atoms with E-state index in [1.54, 1.807) is 12.3 Å². The zero-order valence-electron chi connectivity index (χ0n) is 17.3. The van der Waals surface area contributed by atoms with Crippen molar-refractivity contribution in [2.75, 3.05) is 23.7 Å². The van der Waals surface area contributed by atoms with Crippen LogP contribution in [0.3, 0.4) is 0 Å². The van der Waals surface area contributed by atoms with E-state index in [0.717, 1.165) is 11.1 Å². The van der Waals surface area contributed by atoms with Gasteiger partial charge in [0.25, 0.3) is 0 Å². The third-order valence-corrected chi connectivity index (χ3v) is 5.66. The number of halogens is 2. The summed E-state index contributed by atoms with van der Waals surface area (Å²) in [5.74, 6) is 1.04. The molecule has 1 aromatic carbocycles. The molecule has 4 rings (SSSR count). The number of likely N-dealkylation sites (tertiary alicyclic amines) is 1. The lowest BCUT2D eigenvalue weighted by molar-refractivity contribution is 0.134. The van der Waals surface area contributed by atoms with Crippen molar-refractivity contribution >= 4 is 29.3 Å². The molecule has 1 aliphatic heterocycles. The van der Waals surface area contributed by atoms with E-state index in [4.69, 9.17) is 16.7 Å². The fraction of sp³-hybridized carbons (Fsp3) is 0.261. The Kier molecular flexibility index (Phi) is 6.70. The van der Waals surface area contributed by atoms with Crippen molar-refractivity contribution in [3.05, 3.63) is 71.1 Å². The highest BCUT2D eigenvalue weighted by Gasteiger charge is 2.22. The molecule has 32 heavy (non-hydrogen) atoms. The average molecular weight is 456 g/mol. The molecule has 166 valence electrons. The van der Waals surface area contributed by atoms with Crippen LogP contribution >= 0.6 is 11.6 Å². The maximum Gasteiger partial charge on any atom is 0.407 e. The number of benzene rings is 1. The number of carboxylic acid groups (broad SMARTS) is 1. The van der Waals surface area contributed by atoms with Gasteiger partial charge in [0.1, 0.15) is 17.5 Å². The standard InChI is InChI=1S/C23H23ClFN5O2/c24-19-14-27-22(28-17-7-9-30(10-8-17)23(31)32)12-18(19)20-5-2-6-21(29-20)26-13-15-3-1-4-16(25)11-15/h1-6,11-12,14,17H,7-10,13H2,(H,26,29)(H,27,28)(H,31,32). The van der Waals surface area contributed by atoms with Crippen LogP contribution in [0.2, 0.25) is 5.02 Å². The Morgan fingerprint density at radius 3 is 2.69 bits per heavy atom. The summed E-state index contributed by atoms with van der Waals surface area (Å²) in [6, 6.07) is 14.0. The molecule has 1 amide bonds. The van der Waals surface area contributed by atoms with Crippen LogP contribution in [0.25, 0.3) is 11.3 Å². The number of anilines is 2. The van der Waals surface area contributed by atoms with Gasteiger partial charge in [-0.05, 0) is 48.7 Å². The molecule has 0 saturated carbocycles. The minimum absolute atomic E-state index is 0.138. The van der Waals surface area contributed by atoms with Crippen molar-refractivity contribution < 1.29 is 14.3 Å². The third-order valence-electron chi connectivity index (χ3n) is 5.36. The number of pyridine rings is 2. The molecule has 0 spiro atoms. The Labute approximate surface area is 190 Å². The number of nitrogens with zero attached hydrogens (tertiary/aromatic N) is 3. The smallest absolute Gasteiger partial charge is 0.407 e. The first-order valence-electron chi connectivity index (χ1n) is 10.3. The van der Waals surface area contributed by atoms with Gasteiger partial charge in [-0.15, -0.1) is 0 Å². The monoisotopic (exact) mass is 455 g/mol. The summed E-state index contributed by atoms with van der Waals surface area (Å²) in [5.41, 5.74) is 2.24. The molecule has 0 unspecified atom stereocenters. The van der Waals surface area contributed by atoms with Gasteiger partial charge >= 0.3 is 6.09 Å². The topological polar surface area (TPSA) is 90.4 Å². The van der Waals surface area contributed by atoms with Gasteiger partial charge in [-0.25, -0.2) is 19.2 Å². The molecule has 9 heteroatoms. The highest BCUT2D eigenvalue weighted by molar-refractivity contribution is 6.33. The molecule has 0 aliphatic carbocycles. The molecular weight excluding hydrogens is 433 g/mol. The predicted octanol–water partition coefficient (Wildman–Crippen LogP) is 5.10. The van der Waals surface area contributed by atoms with Crippen LogP contribution in [-0.4, -0.2) is 45.2 Å². The van der Waals surface area contributed by atoms with E-state index in [-0.39, 0.29) is 11.9 Å². The molecule has 1 fully saturated rings. The fourth-order valence-electron chi connectivity index (χ4n) is 3.66. The number of nitrogens with one attached hydrogen (secondary N) is 2. The van der Waals surface area contributed by atoms with E-state index in [0.29, 0.717) is 54.8 Å². The van der Waals surface area contributed by atoms with Crippen molar-refractivity contribution in [2.45, 2.75) is 25.4 Å². The lowest BCUT2D eigenvalue weighted by Crippen LogP contribution is -2.41. The second-order valence-corrected chi connectivity index (χ2v) is 8.04. The van der Waals surface area contributed by atoms with E-state index in [1.807, 2.05) is 30.3 Å². The summed E-state index contributed by atoms with van der Waals surface area (Å²) in [5, 5.41) is 16.2. The molecule has 0 atom stereocenters. The predicted molar refractivity (Wildman–Crippen MR) is 122 cm³/mol. The van der Waals surface area contributed by atoms with Crippen molar-refractivity contribution in [2.24, 2.45) is 0 Å². The summed E-state index contributed by atoms with van der Waals surface area (Å²) in [4.78, 5) is 21.5. The zero-order valence-corrected chi connectivity index (χ0v) is 18.0. The quantitative estimate of drug-likeness (QED) is 0.479. The van der Waals surface area contributed by atoms with Gasteiger partial charge in [-0.1, -0.05) is 29.8 Å².